The van der Waals surface area contributed by atoms with Gasteiger partial charge in [-0.05, 0) is 62.9 Å². The van der Waals surface area contributed by atoms with E-state index in [2.05, 4.69) is 32.6 Å². The van der Waals surface area contributed by atoms with Crippen molar-refractivity contribution < 1.29 is 64.6 Å². The fourth-order valence-corrected chi connectivity index (χ4v) is 8.12. The van der Waals surface area contributed by atoms with Gasteiger partial charge in [-0.25, -0.2) is 22.5 Å². The van der Waals surface area contributed by atoms with Gasteiger partial charge < -0.3 is 33.4 Å². The third-order valence-electron chi connectivity index (χ3n) is 9.22. The number of carboxylic acid groups (broad SMARTS) is 1. The largest absolute Gasteiger partial charge is 0.744 e. The zero-order valence-electron chi connectivity index (χ0n) is 29.8. The van der Waals surface area contributed by atoms with Gasteiger partial charge in [0.05, 0.1) is 33.1 Å². The quantitative estimate of drug-likeness (QED) is 0.0193. The lowest BCUT2D eigenvalue weighted by Gasteiger charge is -2.31. The van der Waals surface area contributed by atoms with Gasteiger partial charge in [-0.1, -0.05) is 11.1 Å². The molecule has 5 rings (SSSR count). The monoisotopic (exact) mass is 809 g/mol. The Morgan fingerprint density at radius 3 is 2.46 bits per heavy atom. The first-order valence-electron chi connectivity index (χ1n) is 17.0. The van der Waals surface area contributed by atoms with E-state index in [0.717, 1.165) is 17.9 Å². The topological polar surface area (TPSA) is 239 Å². The maximum atomic E-state index is 14.3. The predicted octanol–water partition coefficient (Wildman–Crippen LogP) is 2.96. The number of benzene rings is 3. The van der Waals surface area contributed by atoms with E-state index < -0.39 is 42.4 Å². The molecule has 1 aliphatic carbocycles. The van der Waals surface area contributed by atoms with E-state index in [4.69, 9.17) is 9.30 Å². The molecule has 0 bridgehead atoms. The van der Waals surface area contributed by atoms with Crippen LogP contribution < -0.4 is 15.7 Å². The summed E-state index contributed by atoms with van der Waals surface area (Å²) in [6.45, 7) is 4.70. The van der Waals surface area contributed by atoms with Gasteiger partial charge in [-0.15, -0.1) is 4.33 Å². The Bertz CT molecular complexity index is 2270. The molecule has 294 valence electrons. The van der Waals surface area contributed by atoms with Crippen molar-refractivity contribution in [2.75, 3.05) is 50.1 Å². The molecule has 0 aromatic heterocycles. The molecule has 2 aromatic carbocycles. The average Bonchev–Trinajstić information content (AvgIpc) is 3.09. The Balaban J connectivity index is 1.72. The molecule has 1 amide bonds. The van der Waals surface area contributed by atoms with Gasteiger partial charge in [0.2, 0.25) is 5.36 Å². The molecule has 19 heteroatoms. The van der Waals surface area contributed by atoms with E-state index in [1.165, 1.54) is 17.0 Å². The number of carbonyl (C=O) groups excluding carboxylic acids is 1. The van der Waals surface area contributed by atoms with Crippen LogP contribution in [0.15, 0.2) is 51.8 Å². The standard InChI is InChI=1S/C35H43N3O13S3/c1-21-17-25-29(19-27(21)36-11-5-15-48-50-51-52)49-30-20-28(37-12-6-16-54(3,45,46)47)22(2)18-26(30)32(25)33-24(7-4-8-31(33)53(42,43)44)34(39)38-13-9-23(10-14-38)35(40)41/h4,7-8,17-20,23,37,52H,5-6,9-16H2,1-3H3,(H,40,41)(H,42,43,44)(H2,45,46,47). The van der Waals surface area contributed by atoms with Crippen LogP contribution in [-0.4, -0.2) is 93.0 Å². The number of carboxylic acids is 1. The SMILES string of the molecule is Cc1cc2c(-c3c(C(=O)N4CCC(C(=O)O)CC4)cccc3S(=O)(=O)[O-])c3cc(C)c(=[NH+]CCCOOOS)cc-3oc2cc1NCCCS(C)(=O)(O)O. The second-order valence-electron chi connectivity index (χ2n) is 13.5. The van der Waals surface area contributed by atoms with Crippen molar-refractivity contribution in [3.05, 3.63) is 64.5 Å². The third-order valence-corrected chi connectivity index (χ3v) is 11.4. The fourth-order valence-electron chi connectivity index (χ4n) is 6.56. The van der Waals surface area contributed by atoms with Crippen LogP contribution in [0.4, 0.5) is 5.69 Å². The number of rotatable bonds is 15. The number of aliphatic carboxylic acids is 1. The fraction of sp³-hybridized carbons (Fsp3) is 0.400. The zero-order valence-corrected chi connectivity index (χ0v) is 32.4. The summed E-state index contributed by atoms with van der Waals surface area (Å²) >= 11 is 3.44. The minimum Gasteiger partial charge on any atom is -0.744 e. The summed E-state index contributed by atoms with van der Waals surface area (Å²) in [6.07, 6.45) is 1.97. The number of likely N-dealkylation sites (tertiary alicyclic amines) is 1. The van der Waals surface area contributed by atoms with Crippen LogP contribution in [0.3, 0.4) is 0 Å². The number of fused-ring (bicyclic) bond motifs is 2. The average molecular weight is 810 g/mol. The maximum Gasteiger partial charge on any atom is 0.306 e. The highest BCUT2D eigenvalue weighted by Crippen LogP contribution is 2.45. The molecule has 0 spiro atoms. The lowest BCUT2D eigenvalue weighted by molar-refractivity contribution is -0.508. The molecule has 2 aromatic rings. The Kier molecular flexibility index (Phi) is 12.6. The molecule has 3 aliphatic rings. The molecular formula is C35H43N3O13S3. The number of anilines is 1. The van der Waals surface area contributed by atoms with Crippen molar-refractivity contribution in [3.8, 4) is 22.5 Å². The second kappa shape index (κ2) is 16.4. The summed E-state index contributed by atoms with van der Waals surface area (Å²) in [4.78, 5) is 34.8. The Morgan fingerprint density at radius 2 is 1.81 bits per heavy atom. The summed E-state index contributed by atoms with van der Waals surface area (Å²) in [7, 11) is -9.87. The van der Waals surface area contributed by atoms with Gasteiger partial charge in [0, 0.05) is 95.9 Å². The number of nitrogens with zero attached hydrogens (tertiary/aromatic N) is 1. The molecular weight excluding hydrogens is 767 g/mol. The number of amides is 1. The lowest BCUT2D eigenvalue weighted by Crippen LogP contribution is -2.77. The summed E-state index contributed by atoms with van der Waals surface area (Å²) < 4.78 is 81.0. The van der Waals surface area contributed by atoms with Crippen LogP contribution >= 0.6 is 12.9 Å². The molecule has 0 radical (unpaired) electrons. The molecule has 16 nitrogen and oxygen atoms in total. The van der Waals surface area contributed by atoms with Crippen LogP contribution in [0, 0.1) is 19.8 Å². The summed E-state index contributed by atoms with van der Waals surface area (Å²) in [5, 5.41) is 18.1. The van der Waals surface area contributed by atoms with Crippen molar-refractivity contribution in [3.63, 3.8) is 0 Å². The van der Waals surface area contributed by atoms with Crippen LogP contribution in [0.25, 0.3) is 33.4 Å². The minimum atomic E-state index is -5.17. The first-order valence-corrected chi connectivity index (χ1v) is 21.2. The van der Waals surface area contributed by atoms with E-state index in [-0.39, 0.29) is 79.3 Å². The van der Waals surface area contributed by atoms with Gasteiger partial charge in [-0.3, -0.25) is 9.59 Å². The van der Waals surface area contributed by atoms with E-state index in [9.17, 15) is 41.0 Å². The van der Waals surface area contributed by atoms with E-state index >= 15 is 0 Å². The van der Waals surface area contributed by atoms with Gasteiger partial charge in [0.15, 0.2) is 0 Å². The summed E-state index contributed by atoms with van der Waals surface area (Å²) in [5.41, 5.74) is 2.75. The minimum absolute atomic E-state index is 0.0486. The van der Waals surface area contributed by atoms with Crippen molar-refractivity contribution in [2.45, 2.75) is 44.4 Å². The number of thiol groups is 1. The van der Waals surface area contributed by atoms with Gasteiger partial charge in [-0.2, -0.15) is 0 Å². The zero-order chi connectivity index (χ0) is 39.4. The molecule has 0 unspecified atom stereocenters. The van der Waals surface area contributed by atoms with E-state index in [1.54, 1.807) is 31.2 Å². The maximum absolute atomic E-state index is 14.3. The molecule has 0 atom stereocenters. The number of piperidine rings is 1. The molecule has 5 N–H and O–H groups in total. The highest BCUT2D eigenvalue weighted by molar-refractivity contribution is 8.09. The normalized spacial score (nSPS) is 15.4. The van der Waals surface area contributed by atoms with Crippen molar-refractivity contribution in [2.24, 2.45) is 5.92 Å². The van der Waals surface area contributed by atoms with E-state index in [1.807, 2.05) is 6.92 Å². The predicted molar refractivity (Wildman–Crippen MR) is 200 cm³/mol. The summed E-state index contributed by atoms with van der Waals surface area (Å²) in [5.74, 6) is -2.19. The number of nitrogens with one attached hydrogen (secondary N) is 2. The molecule has 1 saturated heterocycles. The van der Waals surface area contributed by atoms with Crippen LogP contribution in [-0.2, 0) is 38.8 Å². The summed E-state index contributed by atoms with van der Waals surface area (Å²) in [6, 6.07) is 10.8. The first kappa shape index (κ1) is 41.2. The van der Waals surface area contributed by atoms with Crippen molar-refractivity contribution >= 4 is 61.2 Å². The molecule has 2 aliphatic heterocycles. The second-order valence-corrected chi connectivity index (χ2v) is 18.3. The highest BCUT2D eigenvalue weighted by Gasteiger charge is 2.32. The Hall–Kier alpha value is -3.92. The highest BCUT2D eigenvalue weighted by atomic mass is 32.3. The Morgan fingerprint density at radius 1 is 1.09 bits per heavy atom. The molecule has 2 heterocycles. The number of hydrogen-bond donors (Lipinski definition) is 6. The van der Waals surface area contributed by atoms with Gasteiger partial charge >= 0.3 is 5.97 Å². The molecule has 0 saturated carbocycles. The van der Waals surface area contributed by atoms with Crippen molar-refractivity contribution in [1.82, 2.24) is 4.90 Å². The molecule has 1 fully saturated rings. The van der Waals surface area contributed by atoms with E-state index in [0.29, 0.717) is 40.5 Å². The van der Waals surface area contributed by atoms with Gasteiger partial charge in [0.1, 0.15) is 28.0 Å². The Labute approximate surface area is 317 Å². The number of carbonyl (C=O) groups is 2. The first-order chi connectivity index (χ1) is 25.3. The van der Waals surface area contributed by atoms with Crippen LogP contribution in [0.2, 0.25) is 0 Å². The lowest BCUT2D eigenvalue weighted by atomic mass is 9.88. The third kappa shape index (κ3) is 10.0. The van der Waals surface area contributed by atoms with Gasteiger partial charge in [0.25, 0.3) is 5.91 Å². The number of aryl methyl sites for hydroxylation is 2. The van der Waals surface area contributed by atoms with Crippen LogP contribution in [0.1, 0.15) is 47.2 Å². The molecule has 54 heavy (non-hydrogen) atoms. The van der Waals surface area contributed by atoms with Crippen molar-refractivity contribution in [1.29, 1.82) is 0 Å². The number of hydrogen-bond acceptors (Lipinski definition) is 12. The van der Waals surface area contributed by atoms with Crippen LogP contribution in [0.5, 0.6) is 0 Å². The smallest absolute Gasteiger partial charge is 0.306 e.